The third kappa shape index (κ3) is 5.77. The van der Waals surface area contributed by atoms with Crippen molar-refractivity contribution in [1.29, 1.82) is 0 Å². The highest BCUT2D eigenvalue weighted by Crippen LogP contribution is 2.35. The van der Waals surface area contributed by atoms with E-state index < -0.39 is 6.04 Å². The van der Waals surface area contributed by atoms with E-state index in [0.717, 1.165) is 66.6 Å². The third-order valence-corrected chi connectivity index (χ3v) is 7.91. The molecule has 2 atom stereocenters. The van der Waals surface area contributed by atoms with Gasteiger partial charge in [-0.2, -0.15) is 5.21 Å². The summed E-state index contributed by atoms with van der Waals surface area (Å²) >= 11 is 0. The zero-order valence-electron chi connectivity index (χ0n) is 23.0. The normalized spacial score (nSPS) is 18.0. The Hall–Kier alpha value is -3.88. The second kappa shape index (κ2) is 11.9. The predicted octanol–water partition coefficient (Wildman–Crippen LogP) is 5.24. The molecule has 0 aliphatic heterocycles. The lowest BCUT2D eigenvalue weighted by molar-refractivity contribution is -0.123. The van der Waals surface area contributed by atoms with Crippen molar-refractivity contribution in [3.8, 4) is 22.5 Å². The van der Waals surface area contributed by atoms with Crippen LogP contribution < -0.4 is 5.69 Å². The average molecular weight is 528 g/mol. The first kappa shape index (κ1) is 26.7. The molecule has 1 saturated carbocycles. The van der Waals surface area contributed by atoms with Crippen molar-refractivity contribution in [3.05, 3.63) is 70.7 Å². The van der Waals surface area contributed by atoms with E-state index in [9.17, 15) is 9.59 Å². The van der Waals surface area contributed by atoms with E-state index in [-0.39, 0.29) is 17.4 Å². The minimum absolute atomic E-state index is 0.113. The molecule has 1 aliphatic carbocycles. The maximum absolute atomic E-state index is 13.9. The maximum Gasteiger partial charge on any atom is 0.329 e. The summed E-state index contributed by atoms with van der Waals surface area (Å²) in [6, 6.07) is 11.5. The second-order valence-corrected chi connectivity index (χ2v) is 10.9. The molecule has 3 heterocycles. The van der Waals surface area contributed by atoms with Crippen molar-refractivity contribution < 1.29 is 4.79 Å². The first-order chi connectivity index (χ1) is 19.0. The lowest BCUT2D eigenvalue weighted by Crippen LogP contribution is -2.36. The van der Waals surface area contributed by atoms with E-state index in [2.05, 4.69) is 46.4 Å². The summed E-state index contributed by atoms with van der Waals surface area (Å²) in [5, 5.41) is 14.3. The van der Waals surface area contributed by atoms with E-state index in [0.29, 0.717) is 24.7 Å². The first-order valence-corrected chi connectivity index (χ1v) is 14.1. The van der Waals surface area contributed by atoms with Crippen molar-refractivity contribution in [3.63, 3.8) is 0 Å². The van der Waals surface area contributed by atoms with Crippen LogP contribution >= 0.6 is 0 Å². The molecule has 1 fully saturated rings. The molecule has 9 heteroatoms. The van der Waals surface area contributed by atoms with Gasteiger partial charge in [0, 0.05) is 30.1 Å². The number of ketones is 1. The summed E-state index contributed by atoms with van der Waals surface area (Å²) in [5.74, 6) is 1.22. The molecule has 1 aromatic carbocycles. The van der Waals surface area contributed by atoms with Crippen LogP contribution in [0, 0.1) is 11.8 Å². The van der Waals surface area contributed by atoms with E-state index in [4.69, 9.17) is 0 Å². The molecule has 0 saturated heterocycles. The Kier molecular flexibility index (Phi) is 8.14. The number of pyridine rings is 1. The number of aromatic amines is 1. The van der Waals surface area contributed by atoms with Crippen LogP contribution in [0.3, 0.4) is 0 Å². The molecular formula is C30H37N7O2. The standard InChI is InChI=1S/C30H37N7O2/c1-4-5-11-25-19-37(28-26(20(2)3)12-6-7-13-27(28)38)30(39)36(25)18-24-17-22(14-15-31-24)21-9-8-10-23(16-21)29-32-34-35-33-29/h8-10,14-17,19-20,26,28H,4-7,11-13,18H2,1-3H3,(H,32,33,34,35). The number of carbonyl (C=O) groups is 1. The largest absolute Gasteiger partial charge is 0.329 e. The Morgan fingerprint density at radius 3 is 2.67 bits per heavy atom. The van der Waals surface area contributed by atoms with Crippen LogP contribution in [0.1, 0.15) is 76.7 Å². The number of carbonyl (C=O) groups excluding carboxylic acids is 1. The van der Waals surface area contributed by atoms with Gasteiger partial charge in [0.15, 0.2) is 5.78 Å². The monoisotopic (exact) mass is 527 g/mol. The van der Waals surface area contributed by atoms with Gasteiger partial charge < -0.3 is 0 Å². The fourth-order valence-corrected chi connectivity index (χ4v) is 5.78. The van der Waals surface area contributed by atoms with Gasteiger partial charge in [0.2, 0.25) is 5.82 Å². The predicted molar refractivity (Wildman–Crippen MR) is 150 cm³/mol. The number of H-pyrrole nitrogens is 1. The number of hydrogen-bond donors (Lipinski definition) is 1. The van der Waals surface area contributed by atoms with Gasteiger partial charge in [0.1, 0.15) is 0 Å². The number of hydrogen-bond acceptors (Lipinski definition) is 6. The van der Waals surface area contributed by atoms with Crippen LogP contribution in [0.15, 0.2) is 53.6 Å². The topological polar surface area (TPSA) is 111 Å². The van der Waals surface area contributed by atoms with E-state index in [1.807, 2.05) is 47.2 Å². The van der Waals surface area contributed by atoms with Crippen molar-refractivity contribution >= 4 is 5.78 Å². The van der Waals surface area contributed by atoms with Crippen molar-refractivity contribution in [2.45, 2.75) is 78.3 Å². The van der Waals surface area contributed by atoms with Crippen LogP contribution in [-0.2, 0) is 17.8 Å². The summed E-state index contributed by atoms with van der Waals surface area (Å²) in [4.78, 5) is 31.8. The van der Waals surface area contributed by atoms with Gasteiger partial charge in [-0.3, -0.25) is 18.9 Å². The van der Waals surface area contributed by atoms with Gasteiger partial charge in [0.25, 0.3) is 0 Å². The molecule has 1 aliphatic rings. The fraction of sp³-hybridized carbons (Fsp3) is 0.467. The molecule has 2 unspecified atom stereocenters. The highest BCUT2D eigenvalue weighted by atomic mass is 16.2. The highest BCUT2D eigenvalue weighted by Gasteiger charge is 2.35. The number of tetrazole rings is 1. The summed E-state index contributed by atoms with van der Waals surface area (Å²) in [6.07, 6.45) is 9.99. The van der Waals surface area contributed by atoms with Gasteiger partial charge in [-0.05, 0) is 72.1 Å². The van der Waals surface area contributed by atoms with Gasteiger partial charge >= 0.3 is 5.69 Å². The van der Waals surface area contributed by atoms with E-state index in [1.165, 1.54) is 0 Å². The number of aromatic nitrogens is 7. The minimum atomic E-state index is -0.395. The molecule has 9 nitrogen and oxygen atoms in total. The van der Waals surface area contributed by atoms with Crippen LogP contribution in [0.5, 0.6) is 0 Å². The Bertz CT molecular complexity index is 1470. The number of nitrogens with zero attached hydrogens (tertiary/aromatic N) is 6. The summed E-state index contributed by atoms with van der Waals surface area (Å²) in [7, 11) is 0. The zero-order chi connectivity index (χ0) is 27.4. The van der Waals surface area contributed by atoms with Gasteiger partial charge in [0.05, 0.1) is 18.3 Å². The second-order valence-electron chi connectivity index (χ2n) is 10.9. The Morgan fingerprint density at radius 1 is 1.08 bits per heavy atom. The number of rotatable bonds is 9. The highest BCUT2D eigenvalue weighted by molar-refractivity contribution is 5.83. The molecule has 0 bridgehead atoms. The maximum atomic E-state index is 13.9. The van der Waals surface area contributed by atoms with Crippen molar-refractivity contribution in [1.82, 2.24) is 34.7 Å². The Balaban J connectivity index is 1.50. The molecule has 4 aromatic rings. The van der Waals surface area contributed by atoms with Crippen LogP contribution in [-0.4, -0.2) is 40.5 Å². The molecule has 39 heavy (non-hydrogen) atoms. The molecular weight excluding hydrogens is 490 g/mol. The van der Waals surface area contributed by atoms with Crippen molar-refractivity contribution in [2.75, 3.05) is 0 Å². The van der Waals surface area contributed by atoms with E-state index >= 15 is 0 Å². The molecule has 1 N–H and O–H groups in total. The first-order valence-electron chi connectivity index (χ1n) is 14.1. The number of imidazole rings is 1. The van der Waals surface area contributed by atoms with Crippen LogP contribution in [0.25, 0.3) is 22.5 Å². The third-order valence-electron chi connectivity index (χ3n) is 7.91. The fourth-order valence-electron chi connectivity index (χ4n) is 5.78. The van der Waals surface area contributed by atoms with E-state index in [1.54, 1.807) is 10.8 Å². The summed E-state index contributed by atoms with van der Waals surface area (Å²) in [6.45, 7) is 6.84. The molecule has 0 spiro atoms. The molecule has 0 radical (unpaired) electrons. The number of unbranched alkanes of at least 4 members (excludes halogenated alkanes) is 1. The quantitative estimate of drug-likeness (QED) is 0.298. The Morgan fingerprint density at radius 2 is 1.90 bits per heavy atom. The number of aryl methyl sites for hydroxylation is 1. The summed E-state index contributed by atoms with van der Waals surface area (Å²) in [5.41, 5.74) is 4.50. The number of Topliss-reactive ketones (excluding diaryl/α,β-unsaturated/α-hetero) is 1. The zero-order valence-corrected chi connectivity index (χ0v) is 23.0. The molecule has 204 valence electrons. The van der Waals surface area contributed by atoms with Gasteiger partial charge in [-0.25, -0.2) is 4.79 Å². The van der Waals surface area contributed by atoms with Crippen molar-refractivity contribution in [2.24, 2.45) is 11.8 Å². The average Bonchev–Trinajstić information content (AvgIpc) is 3.53. The number of nitrogens with one attached hydrogen (secondary N) is 1. The van der Waals surface area contributed by atoms with Crippen LogP contribution in [0.4, 0.5) is 0 Å². The summed E-state index contributed by atoms with van der Waals surface area (Å²) < 4.78 is 3.58. The molecule has 3 aromatic heterocycles. The SMILES string of the molecule is CCCCc1cn(C2C(=O)CCCCC2C(C)C)c(=O)n1Cc1cc(-c2cccc(-c3nn[nH]n3)c2)ccn1. The Labute approximate surface area is 228 Å². The van der Waals surface area contributed by atoms with Crippen LogP contribution in [0.2, 0.25) is 0 Å². The smallest absolute Gasteiger partial charge is 0.297 e. The van der Waals surface area contributed by atoms with Gasteiger partial charge in [-0.1, -0.05) is 51.8 Å². The lowest BCUT2D eigenvalue weighted by atomic mass is 9.84. The molecule has 5 rings (SSSR count). The van der Waals surface area contributed by atoms with Gasteiger partial charge in [-0.15, -0.1) is 10.2 Å². The number of benzene rings is 1. The molecule has 0 amide bonds. The lowest BCUT2D eigenvalue weighted by Gasteiger charge is -2.27. The minimum Gasteiger partial charge on any atom is -0.297 e.